The third-order valence-electron chi connectivity index (χ3n) is 6.46. The van der Waals surface area contributed by atoms with Gasteiger partial charge < -0.3 is 53.1 Å². The minimum Gasteiger partial charge on any atom is -0.491 e. The molecule has 1 aromatic rings. The maximum atomic E-state index is 11.7. The second-order valence-electron chi connectivity index (χ2n) is 10.4. The molecule has 0 radical (unpaired) electrons. The number of anilines is 1. The molecule has 0 saturated heterocycles. The van der Waals surface area contributed by atoms with Crippen LogP contribution < -0.4 is 10.5 Å². The van der Waals surface area contributed by atoms with Crippen molar-refractivity contribution in [1.29, 1.82) is 0 Å². The Balaban J connectivity index is 1.65. The Hall–Kier alpha value is -2.03. The van der Waals surface area contributed by atoms with Gasteiger partial charge in [0.1, 0.15) is 19.0 Å². The van der Waals surface area contributed by atoms with Gasteiger partial charge in [0.2, 0.25) is 0 Å². The number of esters is 1. The van der Waals surface area contributed by atoms with Gasteiger partial charge in [0, 0.05) is 12.1 Å². The Labute approximate surface area is 276 Å². The number of nitrogens with two attached hydrogens (primary N) is 1. The standard InChI is InChI=1S/C34H61NO11/c1-2-3-4-5-6-7-8-9-34(36)46-31-29-44-27-25-42-23-21-40-19-17-38-15-14-37-16-18-39-20-22-41-24-26-43-28-30-45-33-12-10-32(35)11-13-33/h10-13H,2-9,14-31,35H2,1H3. The van der Waals surface area contributed by atoms with Crippen LogP contribution in [-0.2, 0) is 47.4 Å². The molecule has 0 saturated carbocycles. The summed E-state index contributed by atoms with van der Waals surface area (Å²) in [5.41, 5.74) is 6.35. The highest BCUT2D eigenvalue weighted by molar-refractivity contribution is 5.69. The molecule has 0 spiro atoms. The van der Waals surface area contributed by atoms with Crippen LogP contribution in [0.5, 0.6) is 5.75 Å². The van der Waals surface area contributed by atoms with Crippen molar-refractivity contribution in [2.45, 2.75) is 58.3 Å². The van der Waals surface area contributed by atoms with Crippen molar-refractivity contribution in [1.82, 2.24) is 0 Å². The molecule has 0 aliphatic rings. The van der Waals surface area contributed by atoms with Crippen LogP contribution in [0.25, 0.3) is 0 Å². The summed E-state index contributed by atoms with van der Waals surface area (Å²) in [6.07, 6.45) is 8.80. The molecule has 0 aliphatic carbocycles. The van der Waals surface area contributed by atoms with Crippen molar-refractivity contribution in [3.8, 4) is 5.75 Å². The van der Waals surface area contributed by atoms with Crippen LogP contribution in [0.15, 0.2) is 24.3 Å². The molecule has 1 rings (SSSR count). The molecule has 0 atom stereocenters. The van der Waals surface area contributed by atoms with Crippen molar-refractivity contribution < 1.29 is 52.2 Å². The summed E-state index contributed by atoms with van der Waals surface area (Å²) in [5.74, 6) is 0.630. The third-order valence-corrected chi connectivity index (χ3v) is 6.46. The highest BCUT2D eigenvalue weighted by Crippen LogP contribution is 2.12. The summed E-state index contributed by atoms with van der Waals surface area (Å²) in [6.45, 7) is 10.8. The maximum Gasteiger partial charge on any atom is 0.305 e. The number of carbonyl (C=O) groups excluding carboxylic acids is 1. The number of rotatable bonds is 36. The number of benzene rings is 1. The molecule has 46 heavy (non-hydrogen) atoms. The molecule has 0 unspecified atom stereocenters. The average Bonchev–Trinajstić information content (AvgIpc) is 3.06. The third kappa shape index (κ3) is 30.6. The number of hydrogen-bond donors (Lipinski definition) is 1. The number of hydrogen-bond acceptors (Lipinski definition) is 12. The van der Waals surface area contributed by atoms with Crippen LogP contribution in [0.4, 0.5) is 5.69 Å². The van der Waals surface area contributed by atoms with Gasteiger partial charge in [0.05, 0.1) is 106 Å². The summed E-state index contributed by atoms with van der Waals surface area (Å²) in [6, 6.07) is 7.26. The van der Waals surface area contributed by atoms with Crippen LogP contribution in [0.1, 0.15) is 58.3 Å². The Morgan fingerprint density at radius 2 is 0.826 bits per heavy atom. The molecular weight excluding hydrogens is 598 g/mol. The minimum atomic E-state index is -0.141. The van der Waals surface area contributed by atoms with E-state index >= 15 is 0 Å². The van der Waals surface area contributed by atoms with E-state index in [2.05, 4.69) is 6.92 Å². The Morgan fingerprint density at radius 1 is 0.478 bits per heavy atom. The lowest BCUT2D eigenvalue weighted by atomic mass is 10.1. The van der Waals surface area contributed by atoms with E-state index in [1.165, 1.54) is 32.1 Å². The van der Waals surface area contributed by atoms with E-state index in [1.807, 2.05) is 12.1 Å². The predicted octanol–water partition coefficient (Wildman–Crippen LogP) is 4.46. The molecule has 0 amide bonds. The summed E-state index contributed by atoms with van der Waals surface area (Å²) in [7, 11) is 0. The topological polar surface area (TPSA) is 135 Å². The van der Waals surface area contributed by atoms with Crippen molar-refractivity contribution in [3.63, 3.8) is 0 Å². The molecular formula is C34H61NO11. The fraction of sp³-hybridized carbons (Fsp3) is 0.794. The predicted molar refractivity (Wildman–Crippen MR) is 176 cm³/mol. The van der Waals surface area contributed by atoms with E-state index < -0.39 is 0 Å². The fourth-order valence-corrected chi connectivity index (χ4v) is 3.94. The lowest BCUT2D eigenvalue weighted by molar-refractivity contribution is -0.145. The zero-order chi connectivity index (χ0) is 33.0. The Kier molecular flexibility index (Phi) is 31.3. The summed E-state index contributed by atoms with van der Waals surface area (Å²) in [4.78, 5) is 11.7. The van der Waals surface area contributed by atoms with E-state index in [1.54, 1.807) is 12.1 Å². The summed E-state index contributed by atoms with van der Waals surface area (Å²) >= 11 is 0. The molecule has 1 aromatic carbocycles. The van der Waals surface area contributed by atoms with E-state index in [9.17, 15) is 4.79 Å². The summed E-state index contributed by atoms with van der Waals surface area (Å²) < 4.78 is 54.5. The monoisotopic (exact) mass is 659 g/mol. The van der Waals surface area contributed by atoms with Crippen LogP contribution in [0.2, 0.25) is 0 Å². The zero-order valence-corrected chi connectivity index (χ0v) is 28.3. The second-order valence-corrected chi connectivity index (χ2v) is 10.4. The number of nitrogen functional groups attached to an aromatic ring is 1. The molecule has 2 N–H and O–H groups in total. The maximum absolute atomic E-state index is 11.7. The molecule has 0 aromatic heterocycles. The van der Waals surface area contributed by atoms with Crippen molar-refractivity contribution in [2.75, 3.05) is 125 Å². The van der Waals surface area contributed by atoms with Crippen molar-refractivity contribution >= 4 is 11.7 Å². The van der Waals surface area contributed by atoms with E-state index in [-0.39, 0.29) is 12.6 Å². The molecule has 0 heterocycles. The second kappa shape index (κ2) is 34.3. The van der Waals surface area contributed by atoms with Crippen LogP contribution in [0.3, 0.4) is 0 Å². The van der Waals surface area contributed by atoms with Crippen molar-refractivity contribution in [3.05, 3.63) is 24.3 Å². The quantitative estimate of drug-likeness (QED) is 0.0619. The minimum absolute atomic E-state index is 0.141. The van der Waals surface area contributed by atoms with E-state index in [4.69, 9.17) is 53.1 Å². The van der Waals surface area contributed by atoms with Gasteiger partial charge in [-0.25, -0.2) is 0 Å². The lowest BCUT2D eigenvalue weighted by Crippen LogP contribution is -2.15. The van der Waals surface area contributed by atoms with E-state index in [0.29, 0.717) is 124 Å². The normalized spacial score (nSPS) is 11.2. The van der Waals surface area contributed by atoms with Crippen LogP contribution in [-0.4, -0.2) is 125 Å². The van der Waals surface area contributed by atoms with Gasteiger partial charge in [0.15, 0.2) is 0 Å². The van der Waals surface area contributed by atoms with Gasteiger partial charge in [-0.1, -0.05) is 45.4 Å². The van der Waals surface area contributed by atoms with E-state index in [0.717, 1.165) is 18.6 Å². The lowest BCUT2D eigenvalue weighted by Gasteiger charge is -2.09. The van der Waals surface area contributed by atoms with Crippen LogP contribution >= 0.6 is 0 Å². The largest absolute Gasteiger partial charge is 0.491 e. The first-order valence-corrected chi connectivity index (χ1v) is 17.0. The fourth-order valence-electron chi connectivity index (χ4n) is 3.94. The first-order valence-electron chi connectivity index (χ1n) is 17.0. The van der Waals surface area contributed by atoms with Gasteiger partial charge in [-0.15, -0.1) is 0 Å². The average molecular weight is 660 g/mol. The molecule has 12 heteroatoms. The van der Waals surface area contributed by atoms with Gasteiger partial charge >= 0.3 is 5.97 Å². The zero-order valence-electron chi connectivity index (χ0n) is 28.3. The molecule has 0 fully saturated rings. The number of carbonyl (C=O) groups is 1. The first kappa shape index (κ1) is 42.0. The smallest absolute Gasteiger partial charge is 0.305 e. The first-order chi connectivity index (χ1) is 22.7. The van der Waals surface area contributed by atoms with Gasteiger partial charge in [-0.05, 0) is 30.7 Å². The van der Waals surface area contributed by atoms with Gasteiger partial charge in [-0.2, -0.15) is 0 Å². The van der Waals surface area contributed by atoms with Gasteiger partial charge in [0.25, 0.3) is 0 Å². The Morgan fingerprint density at radius 3 is 1.24 bits per heavy atom. The number of unbranched alkanes of at least 4 members (excludes halogenated alkanes) is 6. The number of ether oxygens (including phenoxy) is 10. The molecule has 268 valence electrons. The van der Waals surface area contributed by atoms with Crippen molar-refractivity contribution in [2.24, 2.45) is 0 Å². The summed E-state index contributed by atoms with van der Waals surface area (Å²) in [5, 5.41) is 0. The molecule has 0 aliphatic heterocycles. The van der Waals surface area contributed by atoms with Crippen LogP contribution in [0, 0.1) is 0 Å². The SMILES string of the molecule is CCCCCCCCCC(=O)OCCOCCOCCOCCOCCOCCOCCOCCOCCOc1ccc(N)cc1. The molecule has 12 nitrogen and oxygen atoms in total. The Bertz CT molecular complexity index is 770. The highest BCUT2D eigenvalue weighted by Gasteiger charge is 2.03. The molecule has 0 bridgehead atoms. The van der Waals surface area contributed by atoms with Gasteiger partial charge in [-0.3, -0.25) is 4.79 Å². The highest BCUT2D eigenvalue weighted by atomic mass is 16.6.